The third-order valence-corrected chi connectivity index (χ3v) is 4.94. The molecule has 1 atom stereocenters. The van der Waals surface area contributed by atoms with Gasteiger partial charge in [0.05, 0.1) is 6.04 Å². The van der Waals surface area contributed by atoms with E-state index in [2.05, 4.69) is 33.0 Å². The van der Waals surface area contributed by atoms with Crippen LogP contribution in [-0.2, 0) is 11.2 Å². The molecule has 0 heterocycles. The smallest absolute Gasteiger partial charge is 0.237 e. The van der Waals surface area contributed by atoms with Gasteiger partial charge in [0, 0.05) is 6.04 Å². The monoisotopic (exact) mass is 296 g/mol. The maximum Gasteiger partial charge on any atom is 0.237 e. The Morgan fingerprint density at radius 2 is 1.70 bits per heavy atom. The van der Waals surface area contributed by atoms with Crippen LogP contribution in [0.15, 0.2) is 30.3 Å². The van der Waals surface area contributed by atoms with E-state index in [1.165, 1.54) is 0 Å². The second kappa shape index (κ2) is 5.74. The van der Waals surface area contributed by atoms with Crippen LogP contribution in [0.25, 0.3) is 0 Å². The summed E-state index contributed by atoms with van der Waals surface area (Å²) in [7, 11) is 0. The Bertz CT molecular complexity index is 457. The highest BCUT2D eigenvalue weighted by atomic mass is 35.5. The summed E-state index contributed by atoms with van der Waals surface area (Å²) in [4.78, 5) is 12.1. The zero-order chi connectivity index (χ0) is 14.3. The molecule has 3 N–H and O–H groups in total. The van der Waals surface area contributed by atoms with Gasteiger partial charge in [0.1, 0.15) is 0 Å². The van der Waals surface area contributed by atoms with E-state index >= 15 is 0 Å². The van der Waals surface area contributed by atoms with E-state index in [0.717, 1.165) is 5.56 Å². The van der Waals surface area contributed by atoms with E-state index in [1.807, 2.05) is 30.3 Å². The molecule has 1 aromatic carbocycles. The highest BCUT2D eigenvalue weighted by molar-refractivity contribution is 5.85. The summed E-state index contributed by atoms with van der Waals surface area (Å²) in [6.45, 7) is 8.72. The first-order valence-electron chi connectivity index (χ1n) is 6.86. The summed E-state index contributed by atoms with van der Waals surface area (Å²) in [5.74, 6) is -0.0486. The number of rotatable bonds is 4. The largest absolute Gasteiger partial charge is 0.351 e. The van der Waals surface area contributed by atoms with Crippen LogP contribution in [0.3, 0.4) is 0 Å². The van der Waals surface area contributed by atoms with Crippen LogP contribution in [0, 0.1) is 10.8 Å². The molecule has 1 unspecified atom stereocenters. The van der Waals surface area contributed by atoms with E-state index in [0.29, 0.717) is 6.42 Å². The lowest BCUT2D eigenvalue weighted by Gasteiger charge is -2.13. The normalized spacial score (nSPS) is 20.6. The van der Waals surface area contributed by atoms with Crippen molar-refractivity contribution in [1.29, 1.82) is 0 Å². The van der Waals surface area contributed by atoms with Crippen molar-refractivity contribution >= 4 is 18.3 Å². The molecular formula is C16H25ClN2O. The standard InChI is InChI=1S/C16H24N2O.ClH/c1-15(2)14(16(15,3)4)18-13(19)12(17)10-11-8-6-5-7-9-11;/h5-9,12,14H,10,17H2,1-4H3,(H,18,19);1H. The number of nitrogens with one attached hydrogen (secondary N) is 1. The average molecular weight is 297 g/mol. The molecule has 0 radical (unpaired) electrons. The Hall–Kier alpha value is -1.06. The summed E-state index contributed by atoms with van der Waals surface area (Å²) in [5.41, 5.74) is 7.38. The van der Waals surface area contributed by atoms with Gasteiger partial charge in [0.15, 0.2) is 0 Å². The van der Waals surface area contributed by atoms with Crippen molar-refractivity contribution in [2.45, 2.75) is 46.2 Å². The van der Waals surface area contributed by atoms with Gasteiger partial charge in [-0.1, -0.05) is 58.0 Å². The van der Waals surface area contributed by atoms with Gasteiger partial charge in [-0.05, 0) is 22.8 Å². The summed E-state index contributed by atoms with van der Waals surface area (Å²) in [5, 5.41) is 3.09. The first kappa shape index (κ1) is 17.0. The Morgan fingerprint density at radius 1 is 1.20 bits per heavy atom. The van der Waals surface area contributed by atoms with Crippen molar-refractivity contribution in [1.82, 2.24) is 5.32 Å². The fourth-order valence-electron chi connectivity index (χ4n) is 2.77. The molecule has 0 bridgehead atoms. The highest BCUT2D eigenvalue weighted by Crippen LogP contribution is 2.62. The third-order valence-electron chi connectivity index (χ3n) is 4.94. The van der Waals surface area contributed by atoms with Crippen molar-refractivity contribution in [3.05, 3.63) is 35.9 Å². The topological polar surface area (TPSA) is 55.1 Å². The second-order valence-corrected chi connectivity index (χ2v) is 6.68. The van der Waals surface area contributed by atoms with Gasteiger partial charge in [-0.2, -0.15) is 0 Å². The minimum Gasteiger partial charge on any atom is -0.351 e. The van der Waals surface area contributed by atoms with E-state index in [-0.39, 0.29) is 35.2 Å². The van der Waals surface area contributed by atoms with Gasteiger partial charge in [0.2, 0.25) is 5.91 Å². The van der Waals surface area contributed by atoms with Gasteiger partial charge in [-0.15, -0.1) is 12.4 Å². The number of hydrogen-bond donors (Lipinski definition) is 2. The predicted octanol–water partition coefficient (Wildman–Crippen LogP) is 2.53. The van der Waals surface area contributed by atoms with Gasteiger partial charge < -0.3 is 11.1 Å². The summed E-state index contributed by atoms with van der Waals surface area (Å²) < 4.78 is 0. The lowest BCUT2D eigenvalue weighted by molar-refractivity contribution is -0.122. The summed E-state index contributed by atoms with van der Waals surface area (Å²) in [6, 6.07) is 9.63. The molecule has 20 heavy (non-hydrogen) atoms. The molecule has 1 amide bonds. The van der Waals surface area contributed by atoms with Crippen molar-refractivity contribution < 1.29 is 4.79 Å². The van der Waals surface area contributed by atoms with E-state index in [9.17, 15) is 4.79 Å². The van der Waals surface area contributed by atoms with Crippen LogP contribution in [0.4, 0.5) is 0 Å². The fourth-order valence-corrected chi connectivity index (χ4v) is 2.77. The summed E-state index contributed by atoms with van der Waals surface area (Å²) >= 11 is 0. The van der Waals surface area contributed by atoms with Crippen LogP contribution < -0.4 is 11.1 Å². The Kier molecular flexibility index (Phi) is 4.88. The van der Waals surface area contributed by atoms with Crippen molar-refractivity contribution in [2.24, 2.45) is 16.6 Å². The maximum absolute atomic E-state index is 12.1. The first-order chi connectivity index (χ1) is 8.76. The number of carbonyl (C=O) groups is 1. The minimum atomic E-state index is -0.477. The number of hydrogen-bond acceptors (Lipinski definition) is 2. The van der Waals surface area contributed by atoms with Crippen molar-refractivity contribution in [2.75, 3.05) is 0 Å². The maximum atomic E-state index is 12.1. The van der Waals surface area contributed by atoms with E-state index < -0.39 is 6.04 Å². The van der Waals surface area contributed by atoms with Gasteiger partial charge in [-0.25, -0.2) is 0 Å². The molecule has 4 heteroatoms. The molecular weight excluding hydrogens is 272 g/mol. The lowest BCUT2D eigenvalue weighted by Crippen LogP contribution is -2.44. The Balaban J connectivity index is 0.00000200. The number of halogens is 1. The molecule has 1 aliphatic carbocycles. The third kappa shape index (κ3) is 2.99. The Labute approximate surface area is 127 Å². The van der Waals surface area contributed by atoms with Crippen LogP contribution in [0.5, 0.6) is 0 Å². The summed E-state index contributed by atoms with van der Waals surface area (Å²) in [6.07, 6.45) is 0.584. The molecule has 1 aromatic rings. The zero-order valence-corrected chi connectivity index (χ0v) is 13.5. The number of benzene rings is 1. The lowest BCUT2D eigenvalue weighted by atomic mass is 10.0. The molecule has 0 spiro atoms. The minimum absolute atomic E-state index is 0. The molecule has 0 saturated heterocycles. The van der Waals surface area contributed by atoms with Gasteiger partial charge in [-0.3, -0.25) is 4.79 Å². The highest BCUT2D eigenvalue weighted by Gasteiger charge is 2.65. The van der Waals surface area contributed by atoms with Crippen molar-refractivity contribution in [3.63, 3.8) is 0 Å². The SMILES string of the molecule is CC1(C)C(NC(=O)C(N)Cc2ccccc2)C1(C)C.Cl. The van der Waals surface area contributed by atoms with Crippen LogP contribution in [0.2, 0.25) is 0 Å². The van der Waals surface area contributed by atoms with E-state index in [1.54, 1.807) is 0 Å². The molecule has 112 valence electrons. The molecule has 1 fully saturated rings. The van der Waals surface area contributed by atoms with Gasteiger partial charge >= 0.3 is 0 Å². The number of nitrogens with two attached hydrogens (primary N) is 1. The van der Waals surface area contributed by atoms with Crippen LogP contribution in [0.1, 0.15) is 33.3 Å². The number of amides is 1. The molecule has 0 aliphatic heterocycles. The van der Waals surface area contributed by atoms with E-state index in [4.69, 9.17) is 5.73 Å². The Morgan fingerprint density at radius 3 is 2.15 bits per heavy atom. The quantitative estimate of drug-likeness (QED) is 0.897. The van der Waals surface area contributed by atoms with Gasteiger partial charge in [0.25, 0.3) is 0 Å². The molecule has 1 aliphatic rings. The van der Waals surface area contributed by atoms with Crippen molar-refractivity contribution in [3.8, 4) is 0 Å². The molecule has 3 nitrogen and oxygen atoms in total. The average Bonchev–Trinajstić information content (AvgIpc) is 2.73. The zero-order valence-electron chi connectivity index (χ0n) is 12.6. The first-order valence-corrected chi connectivity index (χ1v) is 6.86. The fraction of sp³-hybridized carbons (Fsp3) is 0.562. The number of carbonyl (C=O) groups excluding carboxylic acids is 1. The predicted molar refractivity (Wildman–Crippen MR) is 84.9 cm³/mol. The molecule has 0 aromatic heterocycles. The molecule has 1 saturated carbocycles. The van der Waals surface area contributed by atoms with Crippen LogP contribution in [-0.4, -0.2) is 18.0 Å². The molecule has 2 rings (SSSR count). The second-order valence-electron chi connectivity index (χ2n) is 6.68. The van der Waals surface area contributed by atoms with Crippen LogP contribution >= 0.6 is 12.4 Å².